The van der Waals surface area contributed by atoms with Gasteiger partial charge in [0.15, 0.2) is 0 Å². The molecular formula is C10H14F3N5O. The molecule has 0 aliphatic carbocycles. The Morgan fingerprint density at radius 2 is 1.95 bits per heavy atom. The Kier molecular flexibility index (Phi) is 4.93. The molecule has 1 aromatic rings. The van der Waals surface area contributed by atoms with Crippen molar-refractivity contribution in [3.63, 3.8) is 0 Å². The summed E-state index contributed by atoms with van der Waals surface area (Å²) in [6.45, 7) is 1.87. The van der Waals surface area contributed by atoms with Crippen LogP contribution in [0.1, 0.15) is 12.5 Å². The molecule has 1 aromatic heterocycles. The van der Waals surface area contributed by atoms with E-state index >= 15 is 0 Å². The maximum absolute atomic E-state index is 12.6. The molecule has 0 bridgehead atoms. The quantitative estimate of drug-likeness (QED) is 0.365. The fourth-order valence-corrected chi connectivity index (χ4v) is 1.29. The zero-order valence-corrected chi connectivity index (χ0v) is 10.1. The van der Waals surface area contributed by atoms with Crippen molar-refractivity contribution in [1.82, 2.24) is 10.3 Å². The number of nitrogens with zero attached hydrogens (tertiary/aromatic N) is 1. The molecule has 1 rings (SSSR count). The standard InChI is InChI=1S/C10H14F3N5O/c1-6(19)15-2-3-16-8-4-7(10(11,12)13)5-9(17-8)18-14/h4-5H,2-3,14H2,1H3,(H,15,19)(H2,16,17,18). The number of rotatable bonds is 5. The van der Waals surface area contributed by atoms with Gasteiger partial charge in [0.1, 0.15) is 11.6 Å². The maximum atomic E-state index is 12.6. The average molecular weight is 277 g/mol. The maximum Gasteiger partial charge on any atom is 0.416 e. The molecule has 1 amide bonds. The van der Waals surface area contributed by atoms with Gasteiger partial charge in [-0.25, -0.2) is 10.8 Å². The van der Waals surface area contributed by atoms with Crippen molar-refractivity contribution in [1.29, 1.82) is 0 Å². The van der Waals surface area contributed by atoms with Crippen molar-refractivity contribution in [3.05, 3.63) is 17.7 Å². The molecule has 6 nitrogen and oxygen atoms in total. The van der Waals surface area contributed by atoms with Crippen LogP contribution < -0.4 is 21.9 Å². The Morgan fingerprint density at radius 3 is 2.47 bits per heavy atom. The monoisotopic (exact) mass is 277 g/mol. The highest BCUT2D eigenvalue weighted by Crippen LogP contribution is 2.31. The van der Waals surface area contributed by atoms with Crippen LogP contribution in [0.5, 0.6) is 0 Å². The van der Waals surface area contributed by atoms with E-state index in [4.69, 9.17) is 5.84 Å². The Labute approximate surface area is 107 Å². The molecule has 9 heteroatoms. The van der Waals surface area contributed by atoms with Gasteiger partial charge in [-0.1, -0.05) is 0 Å². The van der Waals surface area contributed by atoms with E-state index in [9.17, 15) is 18.0 Å². The summed E-state index contributed by atoms with van der Waals surface area (Å²) in [6, 6.07) is 1.67. The number of amides is 1. The molecule has 5 N–H and O–H groups in total. The number of hydrazine groups is 1. The van der Waals surface area contributed by atoms with E-state index in [1.54, 1.807) is 0 Å². The molecule has 0 unspecified atom stereocenters. The molecule has 0 radical (unpaired) electrons. The van der Waals surface area contributed by atoms with E-state index in [1.807, 2.05) is 0 Å². The number of pyridine rings is 1. The molecule has 0 spiro atoms. The number of nitrogens with two attached hydrogens (primary N) is 1. The van der Waals surface area contributed by atoms with Gasteiger partial charge in [0.25, 0.3) is 0 Å². The topological polar surface area (TPSA) is 92.1 Å². The summed E-state index contributed by atoms with van der Waals surface area (Å²) >= 11 is 0. The number of anilines is 2. The van der Waals surface area contributed by atoms with Crippen molar-refractivity contribution in [2.24, 2.45) is 5.84 Å². The van der Waals surface area contributed by atoms with E-state index in [0.717, 1.165) is 12.1 Å². The minimum absolute atomic E-state index is 0.0214. The normalized spacial score (nSPS) is 11.0. The summed E-state index contributed by atoms with van der Waals surface area (Å²) in [5.41, 5.74) is 1.20. The number of hydrogen-bond acceptors (Lipinski definition) is 5. The summed E-state index contributed by atoms with van der Waals surface area (Å²) in [4.78, 5) is 14.4. The van der Waals surface area contributed by atoms with E-state index in [0.29, 0.717) is 0 Å². The minimum atomic E-state index is -4.48. The molecular weight excluding hydrogens is 263 g/mol. The van der Waals surface area contributed by atoms with E-state index in [1.165, 1.54) is 6.92 Å². The second-order valence-electron chi connectivity index (χ2n) is 3.68. The number of nitrogens with one attached hydrogen (secondary N) is 3. The molecule has 0 atom stereocenters. The number of aromatic nitrogens is 1. The number of alkyl halides is 3. The van der Waals surface area contributed by atoms with Crippen LogP contribution in [0.25, 0.3) is 0 Å². The third-order valence-electron chi connectivity index (χ3n) is 2.11. The predicted molar refractivity (Wildman–Crippen MR) is 64.2 cm³/mol. The smallest absolute Gasteiger partial charge is 0.368 e. The first-order chi connectivity index (χ1) is 8.82. The first kappa shape index (κ1) is 15.0. The number of carbonyl (C=O) groups is 1. The average Bonchev–Trinajstić information content (AvgIpc) is 2.33. The number of carbonyl (C=O) groups excluding carboxylic acids is 1. The van der Waals surface area contributed by atoms with Crippen LogP contribution >= 0.6 is 0 Å². The number of halogens is 3. The molecule has 106 valence electrons. The Balaban J connectivity index is 2.74. The van der Waals surface area contributed by atoms with Crippen LogP contribution in [-0.2, 0) is 11.0 Å². The van der Waals surface area contributed by atoms with E-state index in [-0.39, 0.29) is 30.6 Å². The molecule has 19 heavy (non-hydrogen) atoms. The Hall–Kier alpha value is -2.03. The second-order valence-corrected chi connectivity index (χ2v) is 3.68. The lowest BCUT2D eigenvalue weighted by Crippen LogP contribution is -2.26. The molecule has 1 heterocycles. The van der Waals surface area contributed by atoms with Crippen LogP contribution in [-0.4, -0.2) is 24.0 Å². The van der Waals surface area contributed by atoms with Crippen molar-refractivity contribution in [2.45, 2.75) is 13.1 Å². The van der Waals surface area contributed by atoms with Crippen molar-refractivity contribution < 1.29 is 18.0 Å². The van der Waals surface area contributed by atoms with Crippen LogP contribution in [0.2, 0.25) is 0 Å². The van der Waals surface area contributed by atoms with E-state index < -0.39 is 11.7 Å². The summed E-state index contributed by atoms with van der Waals surface area (Å²) in [5.74, 6) is 4.76. The lowest BCUT2D eigenvalue weighted by molar-refractivity contribution is -0.137. The largest absolute Gasteiger partial charge is 0.416 e. The van der Waals surface area contributed by atoms with Crippen LogP contribution in [0.15, 0.2) is 12.1 Å². The minimum Gasteiger partial charge on any atom is -0.368 e. The van der Waals surface area contributed by atoms with Crippen molar-refractivity contribution in [3.8, 4) is 0 Å². The summed E-state index contributed by atoms with van der Waals surface area (Å²) in [5, 5.41) is 5.16. The van der Waals surface area contributed by atoms with E-state index in [2.05, 4.69) is 21.0 Å². The first-order valence-corrected chi connectivity index (χ1v) is 5.37. The van der Waals surface area contributed by atoms with Gasteiger partial charge in [-0.05, 0) is 12.1 Å². The third kappa shape index (κ3) is 5.00. The van der Waals surface area contributed by atoms with Gasteiger partial charge in [-0.2, -0.15) is 13.2 Å². The Morgan fingerprint density at radius 1 is 1.32 bits per heavy atom. The number of hydrogen-bond donors (Lipinski definition) is 4. The summed E-state index contributed by atoms with van der Waals surface area (Å²) in [6.07, 6.45) is -4.48. The SMILES string of the molecule is CC(=O)NCCNc1cc(C(F)(F)F)cc(NN)n1. The van der Waals surface area contributed by atoms with Crippen LogP contribution in [0.4, 0.5) is 24.8 Å². The van der Waals surface area contributed by atoms with Crippen molar-refractivity contribution in [2.75, 3.05) is 23.8 Å². The van der Waals surface area contributed by atoms with Gasteiger partial charge < -0.3 is 16.1 Å². The summed E-state index contributed by atoms with van der Waals surface area (Å²) < 4.78 is 37.8. The predicted octanol–water partition coefficient (Wildman–Crippen LogP) is 0.934. The molecule has 0 saturated carbocycles. The van der Waals surface area contributed by atoms with Gasteiger partial charge >= 0.3 is 6.18 Å². The van der Waals surface area contributed by atoms with Crippen molar-refractivity contribution >= 4 is 17.5 Å². The zero-order chi connectivity index (χ0) is 14.5. The fraction of sp³-hybridized carbons (Fsp3) is 0.400. The van der Waals surface area contributed by atoms with Gasteiger partial charge in [0.2, 0.25) is 5.91 Å². The zero-order valence-electron chi connectivity index (χ0n) is 10.1. The highest BCUT2D eigenvalue weighted by Gasteiger charge is 2.31. The lowest BCUT2D eigenvalue weighted by Gasteiger charge is -2.12. The highest BCUT2D eigenvalue weighted by atomic mass is 19.4. The first-order valence-electron chi connectivity index (χ1n) is 5.37. The molecule has 0 aliphatic heterocycles. The lowest BCUT2D eigenvalue weighted by atomic mass is 10.2. The van der Waals surface area contributed by atoms with Gasteiger partial charge in [0.05, 0.1) is 5.56 Å². The second kappa shape index (κ2) is 6.23. The van der Waals surface area contributed by atoms with Crippen LogP contribution in [0, 0.1) is 0 Å². The molecule has 0 aromatic carbocycles. The third-order valence-corrected chi connectivity index (χ3v) is 2.11. The molecule has 0 aliphatic rings. The summed E-state index contributed by atoms with van der Waals surface area (Å²) in [7, 11) is 0. The Bertz CT molecular complexity index is 449. The molecule has 0 fully saturated rings. The fourth-order valence-electron chi connectivity index (χ4n) is 1.29. The number of nitrogen functional groups attached to an aromatic ring is 1. The molecule has 0 saturated heterocycles. The van der Waals surface area contributed by atoms with Gasteiger partial charge in [-0.15, -0.1) is 0 Å². The van der Waals surface area contributed by atoms with Gasteiger partial charge in [0, 0.05) is 20.0 Å². The van der Waals surface area contributed by atoms with Gasteiger partial charge in [-0.3, -0.25) is 4.79 Å². The van der Waals surface area contributed by atoms with Crippen LogP contribution in [0.3, 0.4) is 0 Å². The highest BCUT2D eigenvalue weighted by molar-refractivity contribution is 5.72.